The minimum absolute atomic E-state index is 0.674. The van der Waals surface area contributed by atoms with Gasteiger partial charge in [0.05, 0.1) is 6.61 Å². The number of ether oxygens (including phenoxy) is 1. The number of unbranched alkanes of at least 4 members (excludes halogenated alkanes) is 3. The van der Waals surface area contributed by atoms with Crippen molar-refractivity contribution in [3.05, 3.63) is 54.1 Å². The lowest BCUT2D eigenvalue weighted by atomic mass is 9.75. The molecule has 1 nitrogen and oxygen atoms in total. The number of benzene rings is 2. The Morgan fingerprint density at radius 1 is 0.828 bits per heavy atom. The third-order valence-electron chi connectivity index (χ3n) is 6.47. The van der Waals surface area contributed by atoms with Gasteiger partial charge in [0.2, 0.25) is 0 Å². The van der Waals surface area contributed by atoms with E-state index in [0.29, 0.717) is 12.8 Å². The number of rotatable bonds is 10. The molecular formula is C27H37FO. The maximum Gasteiger partial charge on any atom is 0.136 e. The standard InChI is InChI=1S/C27H37FO/c1-3-5-7-8-22-17-19-27(28,20-18-22)25-13-9-23(10-14-25)24-11-15-26(16-12-24)29-21-6-4-2/h9-16,22H,3-8,17-21H2,1-2H3. The Labute approximate surface area is 176 Å². The maximum atomic E-state index is 15.6. The molecule has 0 bridgehead atoms. The first-order valence-corrected chi connectivity index (χ1v) is 11.7. The van der Waals surface area contributed by atoms with E-state index in [2.05, 4.69) is 38.1 Å². The summed E-state index contributed by atoms with van der Waals surface area (Å²) in [4.78, 5) is 0. The van der Waals surface area contributed by atoms with Crippen LogP contribution in [-0.2, 0) is 5.67 Å². The summed E-state index contributed by atoms with van der Waals surface area (Å²) >= 11 is 0. The average molecular weight is 397 g/mol. The average Bonchev–Trinajstić information content (AvgIpc) is 2.76. The maximum absolute atomic E-state index is 15.6. The minimum Gasteiger partial charge on any atom is -0.494 e. The van der Waals surface area contributed by atoms with Gasteiger partial charge in [-0.05, 0) is 66.8 Å². The molecule has 0 saturated heterocycles. The molecule has 1 fully saturated rings. The van der Waals surface area contributed by atoms with Gasteiger partial charge in [0.25, 0.3) is 0 Å². The first-order chi connectivity index (χ1) is 14.1. The van der Waals surface area contributed by atoms with E-state index in [0.717, 1.165) is 60.6 Å². The summed E-state index contributed by atoms with van der Waals surface area (Å²) < 4.78 is 21.3. The molecule has 1 aliphatic carbocycles. The van der Waals surface area contributed by atoms with Crippen LogP contribution in [-0.4, -0.2) is 6.61 Å². The quantitative estimate of drug-likeness (QED) is 0.366. The monoisotopic (exact) mass is 396 g/mol. The fourth-order valence-corrected chi connectivity index (χ4v) is 4.43. The molecule has 2 heteroatoms. The highest BCUT2D eigenvalue weighted by molar-refractivity contribution is 5.64. The number of halogens is 1. The van der Waals surface area contributed by atoms with Crippen LogP contribution in [0.3, 0.4) is 0 Å². The van der Waals surface area contributed by atoms with Crippen molar-refractivity contribution in [2.45, 2.75) is 83.7 Å². The molecule has 158 valence electrons. The molecule has 0 heterocycles. The second-order valence-electron chi connectivity index (χ2n) is 8.71. The largest absolute Gasteiger partial charge is 0.494 e. The molecule has 0 amide bonds. The Hall–Kier alpha value is -1.83. The van der Waals surface area contributed by atoms with Crippen LogP contribution in [0.15, 0.2) is 48.5 Å². The van der Waals surface area contributed by atoms with E-state index in [9.17, 15) is 0 Å². The van der Waals surface area contributed by atoms with Crippen LogP contribution in [0.4, 0.5) is 4.39 Å². The highest BCUT2D eigenvalue weighted by Gasteiger charge is 2.36. The van der Waals surface area contributed by atoms with Gasteiger partial charge in [0.15, 0.2) is 0 Å². The third-order valence-corrected chi connectivity index (χ3v) is 6.47. The molecule has 2 aromatic carbocycles. The van der Waals surface area contributed by atoms with Crippen molar-refractivity contribution in [3.8, 4) is 16.9 Å². The van der Waals surface area contributed by atoms with Crippen LogP contribution in [0.5, 0.6) is 5.75 Å². The van der Waals surface area contributed by atoms with Gasteiger partial charge in [0.1, 0.15) is 11.4 Å². The zero-order valence-corrected chi connectivity index (χ0v) is 18.3. The van der Waals surface area contributed by atoms with Crippen molar-refractivity contribution >= 4 is 0 Å². The summed E-state index contributed by atoms with van der Waals surface area (Å²) in [5.41, 5.74) is 1.99. The molecule has 0 aliphatic heterocycles. The summed E-state index contributed by atoms with van der Waals surface area (Å²) in [6, 6.07) is 16.3. The first kappa shape index (κ1) is 21.9. The molecule has 0 spiro atoms. The summed E-state index contributed by atoms with van der Waals surface area (Å²) in [6.07, 6.45) is 10.8. The van der Waals surface area contributed by atoms with Gasteiger partial charge < -0.3 is 4.74 Å². The van der Waals surface area contributed by atoms with E-state index in [1.54, 1.807) is 0 Å². The second-order valence-corrected chi connectivity index (χ2v) is 8.71. The van der Waals surface area contributed by atoms with Crippen molar-refractivity contribution in [2.75, 3.05) is 6.61 Å². The molecule has 2 aromatic rings. The predicted octanol–water partition coefficient (Wildman–Crippen LogP) is 8.47. The lowest BCUT2D eigenvalue weighted by molar-refractivity contribution is 0.0788. The van der Waals surface area contributed by atoms with Crippen molar-refractivity contribution in [2.24, 2.45) is 5.92 Å². The fourth-order valence-electron chi connectivity index (χ4n) is 4.43. The van der Waals surface area contributed by atoms with Crippen molar-refractivity contribution in [1.82, 2.24) is 0 Å². The molecule has 0 aromatic heterocycles. The van der Waals surface area contributed by atoms with Crippen LogP contribution in [0, 0.1) is 5.92 Å². The highest BCUT2D eigenvalue weighted by Crippen LogP contribution is 2.44. The Bertz CT molecular complexity index is 711. The molecule has 3 rings (SSSR count). The van der Waals surface area contributed by atoms with E-state index < -0.39 is 5.67 Å². The summed E-state index contributed by atoms with van der Waals surface area (Å²) in [6.45, 7) is 5.17. The lowest BCUT2D eigenvalue weighted by Gasteiger charge is -2.34. The molecule has 1 saturated carbocycles. The van der Waals surface area contributed by atoms with Crippen LogP contribution < -0.4 is 4.74 Å². The molecule has 29 heavy (non-hydrogen) atoms. The Kier molecular flexibility index (Phi) is 8.15. The molecule has 1 aliphatic rings. The topological polar surface area (TPSA) is 9.23 Å². The Morgan fingerprint density at radius 2 is 1.41 bits per heavy atom. The number of hydrogen-bond acceptors (Lipinski definition) is 1. The summed E-state index contributed by atoms with van der Waals surface area (Å²) in [5.74, 6) is 1.64. The number of hydrogen-bond donors (Lipinski definition) is 0. The molecule has 0 atom stereocenters. The SMILES string of the molecule is CCCCCC1CCC(F)(c2ccc(-c3ccc(OCCCC)cc3)cc2)CC1. The predicted molar refractivity (Wildman–Crippen MR) is 121 cm³/mol. The Morgan fingerprint density at radius 3 is 2.00 bits per heavy atom. The normalized spacial score (nSPS) is 21.8. The molecule has 0 N–H and O–H groups in total. The molecular weight excluding hydrogens is 359 g/mol. The third kappa shape index (κ3) is 6.07. The Balaban J connectivity index is 1.57. The van der Waals surface area contributed by atoms with Crippen molar-refractivity contribution in [1.29, 1.82) is 0 Å². The van der Waals surface area contributed by atoms with E-state index in [1.165, 1.54) is 25.7 Å². The van der Waals surface area contributed by atoms with Gasteiger partial charge in [-0.25, -0.2) is 4.39 Å². The zero-order valence-electron chi connectivity index (χ0n) is 18.3. The fraction of sp³-hybridized carbons (Fsp3) is 0.556. The van der Waals surface area contributed by atoms with Gasteiger partial charge >= 0.3 is 0 Å². The van der Waals surface area contributed by atoms with E-state index in [-0.39, 0.29) is 0 Å². The van der Waals surface area contributed by atoms with E-state index in [4.69, 9.17) is 4.74 Å². The highest BCUT2D eigenvalue weighted by atomic mass is 19.1. The second kappa shape index (κ2) is 10.8. The van der Waals surface area contributed by atoms with Crippen molar-refractivity contribution in [3.63, 3.8) is 0 Å². The zero-order chi connectivity index (χ0) is 20.5. The van der Waals surface area contributed by atoms with Gasteiger partial charge in [0, 0.05) is 0 Å². The van der Waals surface area contributed by atoms with Gasteiger partial charge in [-0.1, -0.05) is 82.3 Å². The summed E-state index contributed by atoms with van der Waals surface area (Å²) in [5, 5.41) is 0. The van der Waals surface area contributed by atoms with Crippen LogP contribution >= 0.6 is 0 Å². The minimum atomic E-state index is -1.14. The van der Waals surface area contributed by atoms with E-state index in [1.807, 2.05) is 24.3 Å². The molecule has 0 radical (unpaired) electrons. The molecule has 0 unspecified atom stereocenters. The lowest BCUT2D eigenvalue weighted by Crippen LogP contribution is -2.27. The van der Waals surface area contributed by atoms with Gasteiger partial charge in [-0.3, -0.25) is 0 Å². The first-order valence-electron chi connectivity index (χ1n) is 11.7. The van der Waals surface area contributed by atoms with Gasteiger partial charge in [-0.2, -0.15) is 0 Å². The van der Waals surface area contributed by atoms with Crippen LogP contribution in [0.1, 0.15) is 83.6 Å². The van der Waals surface area contributed by atoms with E-state index >= 15 is 4.39 Å². The number of alkyl halides is 1. The smallest absolute Gasteiger partial charge is 0.136 e. The van der Waals surface area contributed by atoms with Crippen LogP contribution in [0.25, 0.3) is 11.1 Å². The van der Waals surface area contributed by atoms with Crippen LogP contribution in [0.2, 0.25) is 0 Å². The van der Waals surface area contributed by atoms with Crippen molar-refractivity contribution < 1.29 is 9.13 Å². The van der Waals surface area contributed by atoms with Gasteiger partial charge in [-0.15, -0.1) is 0 Å². The summed E-state index contributed by atoms with van der Waals surface area (Å²) in [7, 11) is 0.